The van der Waals surface area contributed by atoms with E-state index in [9.17, 15) is 14.0 Å². The zero-order valence-electron chi connectivity index (χ0n) is 10.9. The normalized spacial score (nSPS) is 13.7. The fourth-order valence-electron chi connectivity index (χ4n) is 1.45. The monoisotopic (exact) mass is 268 g/mol. The van der Waals surface area contributed by atoms with Crippen molar-refractivity contribution < 1.29 is 19.1 Å². The Balaban J connectivity index is 2.92. The van der Waals surface area contributed by atoms with Gasteiger partial charge in [-0.2, -0.15) is 0 Å². The van der Waals surface area contributed by atoms with Crippen molar-refractivity contribution in [2.75, 3.05) is 11.9 Å². The average molecular weight is 268 g/mol. The van der Waals surface area contributed by atoms with Crippen LogP contribution in [0.5, 0.6) is 0 Å². The highest BCUT2D eigenvalue weighted by Gasteiger charge is 2.29. The molecule has 1 atom stereocenters. The van der Waals surface area contributed by atoms with Gasteiger partial charge in [-0.1, -0.05) is 6.92 Å². The van der Waals surface area contributed by atoms with Crippen molar-refractivity contribution in [1.82, 2.24) is 0 Å². The van der Waals surface area contributed by atoms with E-state index in [4.69, 9.17) is 10.8 Å². The predicted octanol–water partition coefficient (Wildman–Crippen LogP) is 1.84. The van der Waals surface area contributed by atoms with Gasteiger partial charge >= 0.3 is 5.97 Å². The number of carbonyl (C=O) groups is 2. The number of halogens is 1. The maximum Gasteiger partial charge on any atom is 0.338 e. The number of carbonyl (C=O) groups excluding carboxylic acids is 1. The molecule has 0 heterocycles. The Morgan fingerprint density at radius 1 is 1.47 bits per heavy atom. The molecule has 6 heteroatoms. The molecule has 1 aromatic carbocycles. The van der Waals surface area contributed by atoms with E-state index in [1.54, 1.807) is 6.92 Å². The Labute approximate surface area is 110 Å². The highest BCUT2D eigenvalue weighted by atomic mass is 19.1. The van der Waals surface area contributed by atoms with Gasteiger partial charge in [-0.05, 0) is 31.5 Å². The van der Waals surface area contributed by atoms with Gasteiger partial charge in [0.15, 0.2) is 0 Å². The highest BCUT2D eigenvalue weighted by molar-refractivity contribution is 5.96. The third kappa shape index (κ3) is 3.29. The van der Waals surface area contributed by atoms with E-state index >= 15 is 0 Å². The lowest BCUT2D eigenvalue weighted by molar-refractivity contribution is -0.124. The van der Waals surface area contributed by atoms with Crippen LogP contribution in [0.25, 0.3) is 0 Å². The molecule has 0 spiro atoms. The van der Waals surface area contributed by atoms with Crippen LogP contribution in [0.3, 0.4) is 0 Å². The molecule has 0 bridgehead atoms. The van der Waals surface area contributed by atoms with Crippen LogP contribution in [0.2, 0.25) is 0 Å². The number of nitrogens with two attached hydrogens (primary N) is 1. The van der Waals surface area contributed by atoms with Crippen LogP contribution in [0.1, 0.15) is 30.6 Å². The summed E-state index contributed by atoms with van der Waals surface area (Å²) in [6, 6.07) is 3.43. The lowest BCUT2D eigenvalue weighted by Crippen LogP contribution is -2.39. The minimum Gasteiger partial charge on any atom is -0.478 e. The van der Waals surface area contributed by atoms with Gasteiger partial charge in [0.05, 0.1) is 11.0 Å². The van der Waals surface area contributed by atoms with Crippen molar-refractivity contribution in [3.8, 4) is 0 Å². The smallest absolute Gasteiger partial charge is 0.338 e. The van der Waals surface area contributed by atoms with Crippen molar-refractivity contribution in [3.63, 3.8) is 0 Å². The third-order valence-electron chi connectivity index (χ3n) is 3.24. The Bertz CT molecular complexity index is 499. The molecule has 0 radical (unpaired) electrons. The molecule has 0 aromatic heterocycles. The highest BCUT2D eigenvalue weighted by Crippen LogP contribution is 2.23. The van der Waals surface area contributed by atoms with Crippen molar-refractivity contribution in [3.05, 3.63) is 29.6 Å². The van der Waals surface area contributed by atoms with Crippen LogP contribution in [-0.2, 0) is 4.79 Å². The molecule has 5 nitrogen and oxygen atoms in total. The van der Waals surface area contributed by atoms with E-state index in [1.807, 2.05) is 6.92 Å². The predicted molar refractivity (Wildman–Crippen MR) is 69.4 cm³/mol. The average Bonchev–Trinajstić information content (AvgIpc) is 2.37. The molecule has 104 valence electrons. The Hall–Kier alpha value is -1.95. The van der Waals surface area contributed by atoms with Crippen LogP contribution >= 0.6 is 0 Å². The molecule has 0 saturated heterocycles. The lowest BCUT2D eigenvalue weighted by atomic mass is 9.86. The van der Waals surface area contributed by atoms with Crippen LogP contribution in [0, 0.1) is 11.2 Å². The Morgan fingerprint density at radius 3 is 2.53 bits per heavy atom. The summed E-state index contributed by atoms with van der Waals surface area (Å²) < 4.78 is 13.5. The second kappa shape index (κ2) is 5.79. The van der Waals surface area contributed by atoms with E-state index in [0.717, 1.165) is 12.1 Å². The van der Waals surface area contributed by atoms with Gasteiger partial charge in [0.2, 0.25) is 5.91 Å². The molecular weight excluding hydrogens is 251 g/mol. The van der Waals surface area contributed by atoms with E-state index < -0.39 is 22.8 Å². The minimum atomic E-state index is -1.35. The van der Waals surface area contributed by atoms with Crippen LogP contribution in [0.15, 0.2) is 18.2 Å². The lowest BCUT2D eigenvalue weighted by Gasteiger charge is -2.24. The first-order valence-corrected chi connectivity index (χ1v) is 5.88. The van der Waals surface area contributed by atoms with Crippen LogP contribution in [0.4, 0.5) is 10.1 Å². The van der Waals surface area contributed by atoms with Gasteiger partial charge in [-0.25, -0.2) is 9.18 Å². The molecule has 1 aromatic rings. The van der Waals surface area contributed by atoms with Crippen LogP contribution in [-0.4, -0.2) is 23.5 Å². The molecule has 19 heavy (non-hydrogen) atoms. The van der Waals surface area contributed by atoms with E-state index in [1.165, 1.54) is 6.07 Å². The van der Waals surface area contributed by atoms with Gasteiger partial charge in [0, 0.05) is 12.2 Å². The summed E-state index contributed by atoms with van der Waals surface area (Å²) in [7, 11) is 0. The van der Waals surface area contributed by atoms with Crippen molar-refractivity contribution in [2.24, 2.45) is 11.1 Å². The minimum absolute atomic E-state index is 0.172. The number of anilines is 1. The summed E-state index contributed by atoms with van der Waals surface area (Å²) in [4.78, 5) is 22.7. The topological polar surface area (TPSA) is 92.4 Å². The van der Waals surface area contributed by atoms with E-state index in [2.05, 4.69) is 5.32 Å². The summed E-state index contributed by atoms with van der Waals surface area (Å²) in [5.74, 6) is -2.56. The molecule has 1 rings (SSSR count). The fraction of sp³-hybridized carbons (Fsp3) is 0.385. The molecule has 0 saturated carbocycles. The largest absolute Gasteiger partial charge is 0.478 e. The molecule has 0 fully saturated rings. The molecule has 1 amide bonds. The van der Waals surface area contributed by atoms with E-state index in [-0.39, 0.29) is 18.1 Å². The second-order valence-corrected chi connectivity index (χ2v) is 4.57. The summed E-state index contributed by atoms with van der Waals surface area (Å²) in [5.41, 5.74) is 4.59. The van der Waals surface area contributed by atoms with Gasteiger partial charge in [0.25, 0.3) is 0 Å². The second-order valence-electron chi connectivity index (χ2n) is 4.57. The SMILES string of the molecule is CCC(C)(CN)C(=O)Nc1ccc(C(=O)O)c(F)c1. The van der Waals surface area contributed by atoms with Gasteiger partial charge in [-0.3, -0.25) is 4.79 Å². The van der Waals surface area contributed by atoms with Crippen molar-refractivity contribution in [1.29, 1.82) is 0 Å². The fourth-order valence-corrected chi connectivity index (χ4v) is 1.45. The molecule has 1 unspecified atom stereocenters. The van der Waals surface area contributed by atoms with Crippen molar-refractivity contribution >= 4 is 17.6 Å². The number of benzene rings is 1. The van der Waals surface area contributed by atoms with Crippen LogP contribution < -0.4 is 11.1 Å². The van der Waals surface area contributed by atoms with Gasteiger partial charge in [-0.15, -0.1) is 0 Å². The standard InChI is InChI=1S/C13H17FN2O3/c1-3-13(2,7-15)12(19)16-8-4-5-9(11(17)18)10(14)6-8/h4-6H,3,7,15H2,1-2H3,(H,16,19)(H,17,18). The Kier molecular flexibility index (Phi) is 4.61. The first-order chi connectivity index (χ1) is 8.84. The molecule has 0 aliphatic rings. The number of carboxylic acid groups (broad SMARTS) is 1. The number of hydrogen-bond acceptors (Lipinski definition) is 3. The first-order valence-electron chi connectivity index (χ1n) is 5.88. The van der Waals surface area contributed by atoms with E-state index in [0.29, 0.717) is 6.42 Å². The maximum absolute atomic E-state index is 13.5. The summed E-state index contributed by atoms with van der Waals surface area (Å²) >= 11 is 0. The quantitative estimate of drug-likeness (QED) is 0.759. The number of hydrogen-bond donors (Lipinski definition) is 3. The molecular formula is C13H17FN2O3. The zero-order chi connectivity index (χ0) is 14.6. The molecule has 4 N–H and O–H groups in total. The number of aromatic carboxylic acids is 1. The van der Waals surface area contributed by atoms with Gasteiger partial charge in [0.1, 0.15) is 5.82 Å². The van der Waals surface area contributed by atoms with Crippen molar-refractivity contribution in [2.45, 2.75) is 20.3 Å². The number of rotatable bonds is 5. The molecule has 0 aliphatic carbocycles. The first kappa shape index (κ1) is 15.1. The summed E-state index contributed by atoms with van der Waals surface area (Å²) in [6.07, 6.45) is 0.547. The van der Waals surface area contributed by atoms with Gasteiger partial charge < -0.3 is 16.2 Å². The number of nitrogens with one attached hydrogen (secondary N) is 1. The number of amides is 1. The summed E-state index contributed by atoms with van der Waals surface area (Å²) in [5, 5.41) is 11.2. The maximum atomic E-state index is 13.5. The zero-order valence-corrected chi connectivity index (χ0v) is 10.9. The Morgan fingerprint density at radius 2 is 2.11 bits per heavy atom. The molecule has 0 aliphatic heterocycles. The number of carboxylic acids is 1. The summed E-state index contributed by atoms with van der Waals surface area (Å²) in [6.45, 7) is 3.72. The third-order valence-corrected chi connectivity index (χ3v) is 3.24.